The van der Waals surface area contributed by atoms with Gasteiger partial charge >= 0.3 is 29.6 Å². The minimum absolute atomic E-state index is 0. The summed E-state index contributed by atoms with van der Waals surface area (Å²) in [5.41, 5.74) is 0. The van der Waals surface area contributed by atoms with Gasteiger partial charge in [0.1, 0.15) is 0 Å². The Bertz CT molecular complexity index is 338. The molecule has 0 aliphatic heterocycles. The standard InChI is InChI=1S/C10H21NO4S3.Na.H/c12-10(11-6-8-18(13,14)15)4-2-1-3-9(17)5-7-16;;/h9,16-17H,1-8H2,(H,11,12)(H,13,14,15);;. The Morgan fingerprint density at radius 2 is 1.89 bits per heavy atom. The van der Waals surface area contributed by atoms with Crippen LogP contribution in [0.4, 0.5) is 0 Å². The third-order valence-electron chi connectivity index (χ3n) is 2.34. The summed E-state index contributed by atoms with van der Waals surface area (Å²) in [5, 5.41) is 2.77. The topological polar surface area (TPSA) is 83.5 Å². The summed E-state index contributed by atoms with van der Waals surface area (Å²) in [6.45, 7) is -0.0491. The van der Waals surface area contributed by atoms with Crippen molar-refractivity contribution in [1.82, 2.24) is 5.32 Å². The first-order chi connectivity index (χ1) is 8.35. The molecule has 1 amide bonds. The van der Waals surface area contributed by atoms with Crippen molar-refractivity contribution < 1.29 is 17.8 Å². The van der Waals surface area contributed by atoms with E-state index in [0.29, 0.717) is 11.7 Å². The molecular formula is C10H22NNaO4S3. The summed E-state index contributed by atoms with van der Waals surface area (Å²) in [6, 6.07) is 0. The van der Waals surface area contributed by atoms with Crippen LogP contribution >= 0.6 is 25.3 Å². The van der Waals surface area contributed by atoms with Gasteiger partial charge in [0.25, 0.3) is 10.1 Å². The van der Waals surface area contributed by atoms with E-state index in [4.69, 9.17) is 4.55 Å². The molecule has 0 aliphatic carbocycles. The molecule has 5 nitrogen and oxygen atoms in total. The van der Waals surface area contributed by atoms with Crippen LogP contribution in [0.5, 0.6) is 0 Å². The van der Waals surface area contributed by atoms with E-state index in [1.54, 1.807) is 0 Å². The molecule has 0 aliphatic rings. The molecule has 0 aromatic rings. The van der Waals surface area contributed by atoms with Crippen molar-refractivity contribution in [3.8, 4) is 0 Å². The van der Waals surface area contributed by atoms with Crippen LogP contribution in [-0.4, -0.2) is 71.7 Å². The van der Waals surface area contributed by atoms with Crippen LogP contribution in [0, 0.1) is 0 Å². The van der Waals surface area contributed by atoms with E-state index in [2.05, 4.69) is 30.6 Å². The van der Waals surface area contributed by atoms with Gasteiger partial charge in [-0.1, -0.05) is 6.42 Å². The van der Waals surface area contributed by atoms with Crippen LogP contribution in [0.25, 0.3) is 0 Å². The number of hydrogen-bond donors (Lipinski definition) is 4. The Labute approximate surface area is 148 Å². The molecule has 0 rings (SSSR count). The first-order valence-electron chi connectivity index (χ1n) is 5.86. The van der Waals surface area contributed by atoms with Gasteiger partial charge in [-0.3, -0.25) is 9.35 Å². The maximum atomic E-state index is 11.3. The van der Waals surface area contributed by atoms with Crippen molar-refractivity contribution in [3.05, 3.63) is 0 Å². The average Bonchev–Trinajstić information content (AvgIpc) is 2.23. The molecule has 0 radical (unpaired) electrons. The molecule has 1 unspecified atom stereocenters. The summed E-state index contributed by atoms with van der Waals surface area (Å²) in [7, 11) is -3.99. The van der Waals surface area contributed by atoms with E-state index >= 15 is 0 Å². The Balaban J connectivity index is 0. The van der Waals surface area contributed by atoms with Gasteiger partial charge in [-0.25, -0.2) is 0 Å². The molecule has 0 aromatic carbocycles. The fraction of sp³-hybridized carbons (Fsp3) is 0.900. The Hall–Kier alpha value is 1.08. The molecule has 9 heteroatoms. The molecular weight excluding hydrogens is 317 g/mol. The van der Waals surface area contributed by atoms with Gasteiger partial charge in [0.15, 0.2) is 0 Å². The third kappa shape index (κ3) is 17.0. The third-order valence-corrected chi connectivity index (χ3v) is 3.83. The number of amides is 1. The summed E-state index contributed by atoms with van der Waals surface area (Å²) < 4.78 is 29.3. The maximum absolute atomic E-state index is 11.3. The van der Waals surface area contributed by atoms with Crippen LogP contribution in [0.15, 0.2) is 0 Å². The van der Waals surface area contributed by atoms with Gasteiger partial charge < -0.3 is 5.32 Å². The number of hydrogen-bond acceptors (Lipinski definition) is 5. The molecule has 110 valence electrons. The molecule has 0 saturated carbocycles. The number of unbranched alkanes of at least 4 members (excludes halogenated alkanes) is 1. The van der Waals surface area contributed by atoms with Gasteiger partial charge in [0, 0.05) is 18.2 Å². The second-order valence-corrected chi connectivity index (χ2v) is 6.80. The van der Waals surface area contributed by atoms with E-state index in [9.17, 15) is 13.2 Å². The number of carbonyl (C=O) groups is 1. The number of carbonyl (C=O) groups excluding carboxylic acids is 1. The molecule has 1 atom stereocenters. The molecule has 0 fully saturated rings. The Kier molecular flexibility index (Phi) is 15.1. The zero-order valence-corrected chi connectivity index (χ0v) is 12.8. The van der Waals surface area contributed by atoms with Gasteiger partial charge in [-0.15, -0.1) is 0 Å². The van der Waals surface area contributed by atoms with E-state index < -0.39 is 15.9 Å². The van der Waals surface area contributed by atoms with E-state index in [1.165, 1.54) is 0 Å². The van der Waals surface area contributed by atoms with Crippen molar-refractivity contribution in [1.29, 1.82) is 0 Å². The molecule has 0 bridgehead atoms. The zero-order chi connectivity index (χ0) is 14.0. The van der Waals surface area contributed by atoms with Crippen molar-refractivity contribution in [3.63, 3.8) is 0 Å². The van der Waals surface area contributed by atoms with E-state index in [1.807, 2.05) is 0 Å². The summed E-state index contributed by atoms with van der Waals surface area (Å²) >= 11 is 8.50. The number of rotatable bonds is 10. The second kappa shape index (κ2) is 12.8. The minimum atomic E-state index is -3.99. The molecule has 2 N–H and O–H groups in total. The second-order valence-electron chi connectivity index (χ2n) is 4.05. The van der Waals surface area contributed by atoms with Crippen molar-refractivity contribution >= 4 is 70.8 Å². The molecule has 0 spiro atoms. The van der Waals surface area contributed by atoms with E-state index in [-0.39, 0.29) is 42.0 Å². The monoisotopic (exact) mass is 339 g/mol. The van der Waals surface area contributed by atoms with Crippen LogP contribution < -0.4 is 5.32 Å². The van der Waals surface area contributed by atoms with Gasteiger partial charge in [-0.05, 0) is 25.0 Å². The fourth-order valence-corrected chi connectivity index (χ4v) is 2.55. The average molecular weight is 339 g/mol. The quantitative estimate of drug-likeness (QED) is 0.202. The normalized spacial score (nSPS) is 12.6. The predicted octanol–water partition coefficient (Wildman–Crippen LogP) is 0.521. The van der Waals surface area contributed by atoms with Crippen molar-refractivity contribution in [2.45, 2.75) is 37.4 Å². The van der Waals surface area contributed by atoms with Crippen LogP contribution in [0.1, 0.15) is 32.1 Å². The molecule has 19 heavy (non-hydrogen) atoms. The fourth-order valence-electron chi connectivity index (χ4n) is 1.37. The van der Waals surface area contributed by atoms with Crippen molar-refractivity contribution in [2.24, 2.45) is 0 Å². The number of thiol groups is 2. The first kappa shape index (κ1) is 22.4. The van der Waals surface area contributed by atoms with Crippen LogP contribution in [0.2, 0.25) is 0 Å². The van der Waals surface area contributed by atoms with Crippen LogP contribution in [0.3, 0.4) is 0 Å². The zero-order valence-electron chi connectivity index (χ0n) is 10.2. The van der Waals surface area contributed by atoms with E-state index in [0.717, 1.165) is 31.4 Å². The summed E-state index contributed by atoms with van der Waals surface area (Å²) in [5.74, 6) is 0.174. The molecule has 0 saturated heterocycles. The van der Waals surface area contributed by atoms with Gasteiger partial charge in [0.2, 0.25) is 5.91 Å². The Morgan fingerprint density at radius 3 is 2.42 bits per heavy atom. The predicted molar refractivity (Wildman–Crippen MR) is 86.3 cm³/mol. The van der Waals surface area contributed by atoms with Gasteiger partial charge in [0.05, 0.1) is 5.75 Å². The molecule has 0 aromatic heterocycles. The number of nitrogens with one attached hydrogen (secondary N) is 1. The van der Waals surface area contributed by atoms with Crippen LogP contribution in [-0.2, 0) is 14.9 Å². The summed E-state index contributed by atoms with van der Waals surface area (Å²) in [6.07, 6.45) is 3.93. The summed E-state index contributed by atoms with van der Waals surface area (Å²) in [4.78, 5) is 11.3. The molecule has 0 heterocycles. The first-order valence-corrected chi connectivity index (χ1v) is 8.61. The Morgan fingerprint density at radius 1 is 1.26 bits per heavy atom. The van der Waals surface area contributed by atoms with Gasteiger partial charge in [-0.2, -0.15) is 33.7 Å². The van der Waals surface area contributed by atoms with Crippen molar-refractivity contribution in [2.75, 3.05) is 18.1 Å². The SMILES string of the molecule is O=C(CCCCC(S)CCS)NCCS(=O)(=O)O.[NaH].